The van der Waals surface area contributed by atoms with Crippen LogP contribution >= 0.6 is 46.9 Å². The first-order valence-electron chi connectivity index (χ1n) is 10.6. The van der Waals surface area contributed by atoms with Gasteiger partial charge in [0.25, 0.3) is 0 Å². The number of piperidine rings is 1. The third-order valence-electron chi connectivity index (χ3n) is 5.36. The molecule has 34 heavy (non-hydrogen) atoms. The number of hydrogen-bond acceptors (Lipinski definition) is 7. The lowest BCUT2D eigenvalue weighted by molar-refractivity contribution is -0.113. The fourth-order valence-corrected chi connectivity index (χ4v) is 7.36. The number of thioether (sulfide) groups is 1. The van der Waals surface area contributed by atoms with Gasteiger partial charge in [-0.2, -0.15) is 4.31 Å². The Morgan fingerprint density at radius 3 is 2.59 bits per heavy atom. The Kier molecular flexibility index (Phi) is 8.11. The van der Waals surface area contributed by atoms with Gasteiger partial charge in [0, 0.05) is 23.8 Å². The third-order valence-corrected chi connectivity index (χ3v) is 9.88. The van der Waals surface area contributed by atoms with Gasteiger partial charge in [0.05, 0.1) is 16.3 Å². The quantitative estimate of drug-likeness (QED) is 0.305. The summed E-state index contributed by atoms with van der Waals surface area (Å²) in [6.07, 6.45) is 2.78. The summed E-state index contributed by atoms with van der Waals surface area (Å²) in [6, 6.07) is 12.0. The zero-order chi connectivity index (χ0) is 24.3. The lowest BCUT2D eigenvalue weighted by Gasteiger charge is -2.26. The molecule has 1 aliphatic rings. The maximum absolute atomic E-state index is 13.0. The molecule has 2 heterocycles. The molecule has 0 radical (unpaired) electrons. The molecule has 12 heteroatoms. The van der Waals surface area contributed by atoms with Crippen LogP contribution < -0.4 is 5.32 Å². The topological polar surface area (TPSA) is 84.3 Å². The number of nitrogens with one attached hydrogen (secondary N) is 1. The van der Waals surface area contributed by atoms with E-state index in [0.717, 1.165) is 30.5 Å². The summed E-state index contributed by atoms with van der Waals surface area (Å²) in [5.41, 5.74) is 2.07. The Labute approximate surface area is 217 Å². The Bertz CT molecular complexity index is 1350. The average Bonchev–Trinajstić information content (AvgIpc) is 3.20. The van der Waals surface area contributed by atoms with E-state index in [9.17, 15) is 13.2 Å². The molecule has 2 aromatic carbocycles. The second-order valence-electron chi connectivity index (χ2n) is 7.80. The van der Waals surface area contributed by atoms with E-state index in [1.807, 2.05) is 19.1 Å². The van der Waals surface area contributed by atoms with Gasteiger partial charge in [-0.3, -0.25) is 4.79 Å². The maximum Gasteiger partial charge on any atom is 0.243 e. The van der Waals surface area contributed by atoms with Gasteiger partial charge in [0.2, 0.25) is 15.9 Å². The number of sulfonamides is 1. The van der Waals surface area contributed by atoms with Crippen LogP contribution in [0.2, 0.25) is 5.02 Å². The van der Waals surface area contributed by atoms with E-state index in [1.165, 1.54) is 27.4 Å². The number of carbonyl (C=O) groups is 1. The van der Waals surface area contributed by atoms with Gasteiger partial charge in [0.1, 0.15) is 0 Å². The van der Waals surface area contributed by atoms with Crippen molar-refractivity contribution < 1.29 is 13.2 Å². The smallest absolute Gasteiger partial charge is 0.243 e. The monoisotopic (exact) mass is 554 g/mol. The highest BCUT2D eigenvalue weighted by Crippen LogP contribution is 2.27. The van der Waals surface area contributed by atoms with Gasteiger partial charge < -0.3 is 5.32 Å². The molecule has 1 aromatic heterocycles. The third kappa shape index (κ3) is 5.89. The van der Waals surface area contributed by atoms with E-state index < -0.39 is 10.0 Å². The second-order valence-corrected chi connectivity index (χ2v) is 13.0. The molecule has 1 N–H and O–H groups in total. The van der Waals surface area contributed by atoms with E-state index in [1.54, 1.807) is 35.0 Å². The van der Waals surface area contributed by atoms with Crippen molar-refractivity contribution in [3.8, 4) is 5.69 Å². The molecule has 0 aliphatic carbocycles. The van der Waals surface area contributed by atoms with Crippen LogP contribution in [0.4, 0.5) is 5.69 Å². The SMILES string of the molecule is Cc1ccc(S(=O)(=O)N2CCCCC2)cc1NC(=O)CSc1nn(-c2ccc(Cl)cc2)c(=S)s1. The fourth-order valence-electron chi connectivity index (χ4n) is 3.53. The first kappa shape index (κ1) is 25.3. The molecule has 0 unspecified atom stereocenters. The molecular formula is C22H23ClN4O3S4. The second kappa shape index (κ2) is 10.9. The maximum atomic E-state index is 13.0. The van der Waals surface area contributed by atoms with Crippen LogP contribution in [0.1, 0.15) is 24.8 Å². The minimum atomic E-state index is -3.58. The van der Waals surface area contributed by atoms with Gasteiger partial charge in [-0.25, -0.2) is 13.1 Å². The molecule has 1 aliphatic heterocycles. The number of nitrogens with zero attached hydrogens (tertiary/aromatic N) is 3. The molecule has 7 nitrogen and oxygen atoms in total. The number of aryl methyl sites for hydroxylation is 1. The van der Waals surface area contributed by atoms with Gasteiger partial charge in [-0.1, -0.05) is 47.2 Å². The fraction of sp³-hybridized carbons (Fsp3) is 0.318. The summed E-state index contributed by atoms with van der Waals surface area (Å²) in [7, 11) is -3.58. The highest BCUT2D eigenvalue weighted by atomic mass is 35.5. The Morgan fingerprint density at radius 1 is 1.18 bits per heavy atom. The predicted octanol–water partition coefficient (Wildman–Crippen LogP) is 5.53. The van der Waals surface area contributed by atoms with Crippen LogP contribution in [0.5, 0.6) is 0 Å². The number of amides is 1. The van der Waals surface area contributed by atoms with E-state index >= 15 is 0 Å². The van der Waals surface area contributed by atoms with Gasteiger partial charge in [-0.15, -0.1) is 5.10 Å². The average molecular weight is 555 g/mol. The first-order valence-corrected chi connectivity index (χ1v) is 14.7. The molecule has 0 saturated carbocycles. The standard InChI is InChI=1S/C22H23ClN4O3S4/c1-15-5-10-18(34(29,30)26-11-3-2-4-12-26)13-19(15)24-20(28)14-32-21-25-27(22(31)33-21)17-8-6-16(23)7-9-17/h5-10,13H,2-4,11-12,14H2,1H3,(H,24,28). The number of aromatic nitrogens is 2. The van der Waals surface area contributed by atoms with Crippen molar-refractivity contribution in [2.24, 2.45) is 0 Å². The van der Waals surface area contributed by atoms with Crippen molar-refractivity contribution in [2.75, 3.05) is 24.2 Å². The molecule has 3 aromatic rings. The lowest BCUT2D eigenvalue weighted by Crippen LogP contribution is -2.35. The van der Waals surface area contributed by atoms with Crippen molar-refractivity contribution in [1.82, 2.24) is 14.1 Å². The lowest BCUT2D eigenvalue weighted by atomic mass is 10.2. The van der Waals surface area contributed by atoms with Crippen LogP contribution in [0.15, 0.2) is 51.7 Å². The van der Waals surface area contributed by atoms with E-state index in [0.29, 0.717) is 32.1 Å². The van der Waals surface area contributed by atoms with Crippen molar-refractivity contribution >= 4 is 68.5 Å². The Hall–Kier alpha value is -1.76. The van der Waals surface area contributed by atoms with Crippen LogP contribution in [0.25, 0.3) is 5.69 Å². The molecule has 0 spiro atoms. The van der Waals surface area contributed by atoms with Crippen LogP contribution in [-0.4, -0.2) is 47.3 Å². The molecule has 1 saturated heterocycles. The summed E-state index contributed by atoms with van der Waals surface area (Å²) >= 11 is 13.9. The van der Waals surface area contributed by atoms with E-state index in [4.69, 9.17) is 23.8 Å². The first-order chi connectivity index (χ1) is 16.2. The highest BCUT2D eigenvalue weighted by Gasteiger charge is 2.26. The summed E-state index contributed by atoms with van der Waals surface area (Å²) in [4.78, 5) is 12.8. The molecule has 1 fully saturated rings. The van der Waals surface area contributed by atoms with Crippen molar-refractivity contribution in [1.29, 1.82) is 0 Å². The normalized spacial score (nSPS) is 14.8. The minimum Gasteiger partial charge on any atom is -0.325 e. The predicted molar refractivity (Wildman–Crippen MR) is 140 cm³/mol. The largest absolute Gasteiger partial charge is 0.325 e. The van der Waals surface area contributed by atoms with E-state index in [-0.39, 0.29) is 16.6 Å². The summed E-state index contributed by atoms with van der Waals surface area (Å²) < 4.78 is 30.4. The van der Waals surface area contributed by atoms with Crippen molar-refractivity contribution in [3.05, 3.63) is 57.0 Å². The number of benzene rings is 2. The number of halogens is 1. The number of rotatable bonds is 7. The summed E-state index contributed by atoms with van der Waals surface area (Å²) in [5.74, 6) is -0.134. The Morgan fingerprint density at radius 2 is 1.88 bits per heavy atom. The zero-order valence-electron chi connectivity index (χ0n) is 18.4. The van der Waals surface area contributed by atoms with Gasteiger partial charge in [-0.05, 0) is 73.9 Å². The molecule has 4 rings (SSSR count). The number of anilines is 1. The van der Waals surface area contributed by atoms with Crippen molar-refractivity contribution in [3.63, 3.8) is 0 Å². The zero-order valence-corrected chi connectivity index (χ0v) is 22.4. The molecule has 180 valence electrons. The molecular weight excluding hydrogens is 532 g/mol. The molecule has 0 atom stereocenters. The minimum absolute atomic E-state index is 0.117. The van der Waals surface area contributed by atoms with Crippen molar-refractivity contribution in [2.45, 2.75) is 35.4 Å². The highest BCUT2D eigenvalue weighted by molar-refractivity contribution is 8.01. The van der Waals surface area contributed by atoms with E-state index in [2.05, 4.69) is 10.4 Å². The van der Waals surface area contributed by atoms with Crippen LogP contribution in [0, 0.1) is 10.9 Å². The Balaban J connectivity index is 1.42. The summed E-state index contributed by atoms with van der Waals surface area (Å²) in [5, 5.41) is 7.96. The van der Waals surface area contributed by atoms with Crippen LogP contribution in [-0.2, 0) is 14.8 Å². The number of hydrogen-bond donors (Lipinski definition) is 1. The summed E-state index contributed by atoms with van der Waals surface area (Å²) in [6.45, 7) is 2.89. The van der Waals surface area contributed by atoms with Gasteiger partial charge >= 0.3 is 0 Å². The van der Waals surface area contributed by atoms with Gasteiger partial charge in [0.15, 0.2) is 8.29 Å². The molecule has 1 amide bonds. The molecule has 0 bridgehead atoms. The number of carbonyl (C=O) groups excluding carboxylic acids is 1. The van der Waals surface area contributed by atoms with Crippen LogP contribution in [0.3, 0.4) is 0 Å².